The van der Waals surface area contributed by atoms with Crippen molar-refractivity contribution in [2.75, 3.05) is 4.90 Å². The van der Waals surface area contributed by atoms with Gasteiger partial charge in [0.1, 0.15) is 11.1 Å². The van der Waals surface area contributed by atoms with Gasteiger partial charge in [0, 0.05) is 27.7 Å². The molecule has 0 aliphatic carbocycles. The highest BCUT2D eigenvalue weighted by Gasteiger charge is 2.25. The number of nitrogens with zero attached hydrogens (tertiary/aromatic N) is 2. The van der Waals surface area contributed by atoms with Gasteiger partial charge in [0.25, 0.3) is 0 Å². The molecule has 10 aromatic carbocycles. The van der Waals surface area contributed by atoms with Gasteiger partial charge in [-0.15, -0.1) is 0 Å². The highest BCUT2D eigenvalue weighted by Crippen LogP contribution is 2.48. The average molecular weight is 755 g/mol. The Morgan fingerprint density at radius 1 is 0.373 bits per heavy atom. The minimum atomic E-state index is 0.569. The van der Waals surface area contributed by atoms with Gasteiger partial charge in [0.05, 0.1) is 5.69 Å². The number of benzene rings is 10. The van der Waals surface area contributed by atoms with E-state index in [2.05, 4.69) is 175 Å². The predicted molar refractivity (Wildman–Crippen MR) is 245 cm³/mol. The molecule has 0 unspecified atom stereocenters. The van der Waals surface area contributed by atoms with E-state index >= 15 is 0 Å². The van der Waals surface area contributed by atoms with Crippen LogP contribution < -0.4 is 4.90 Å². The number of para-hydroxylation sites is 2. The zero-order chi connectivity index (χ0) is 38.9. The van der Waals surface area contributed by atoms with Gasteiger partial charge in [0.15, 0.2) is 11.2 Å². The maximum absolute atomic E-state index is 7.02. The fourth-order valence-electron chi connectivity index (χ4n) is 8.92. The van der Waals surface area contributed by atoms with Gasteiger partial charge in [-0.05, 0) is 115 Å². The summed E-state index contributed by atoms with van der Waals surface area (Å²) in [5.74, 6) is 0.569. The Hall–Kier alpha value is -7.95. The van der Waals surface area contributed by atoms with Gasteiger partial charge in [-0.1, -0.05) is 146 Å². The number of furan rings is 1. The fourth-order valence-corrected chi connectivity index (χ4v) is 8.92. The highest BCUT2D eigenvalue weighted by atomic mass is 16.3. The maximum atomic E-state index is 7.02. The summed E-state index contributed by atoms with van der Waals surface area (Å²) in [6, 6.07) is 72.9. The molecule has 0 N–H and O–H groups in total. The largest absolute Gasteiger partial charge is 0.454 e. The normalized spacial score (nSPS) is 11.7. The quantitative estimate of drug-likeness (QED) is 0.159. The number of hydrogen-bond acceptors (Lipinski definition) is 4. The molecular formula is C55H34N2O2. The van der Waals surface area contributed by atoms with Gasteiger partial charge >= 0.3 is 0 Å². The highest BCUT2D eigenvalue weighted by molar-refractivity contribution is 6.26. The van der Waals surface area contributed by atoms with E-state index < -0.39 is 0 Å². The first-order valence-electron chi connectivity index (χ1n) is 19.9. The van der Waals surface area contributed by atoms with E-state index in [4.69, 9.17) is 13.8 Å². The fraction of sp³-hybridized carbons (Fsp3) is 0. The van der Waals surface area contributed by atoms with Gasteiger partial charge in [0.2, 0.25) is 5.89 Å². The molecule has 0 atom stereocenters. The van der Waals surface area contributed by atoms with Crippen LogP contribution in [0.5, 0.6) is 0 Å². The number of oxazole rings is 1. The summed E-state index contributed by atoms with van der Waals surface area (Å²) < 4.78 is 13.4. The molecule has 59 heavy (non-hydrogen) atoms. The summed E-state index contributed by atoms with van der Waals surface area (Å²) in [4.78, 5) is 7.26. The zero-order valence-corrected chi connectivity index (χ0v) is 31.8. The van der Waals surface area contributed by atoms with E-state index in [0.29, 0.717) is 5.89 Å². The molecule has 0 radical (unpaired) electrons. The molecule has 12 rings (SSSR count). The Labute approximate surface area is 339 Å². The van der Waals surface area contributed by atoms with Crippen molar-refractivity contribution >= 4 is 82.4 Å². The number of rotatable bonds is 6. The predicted octanol–water partition coefficient (Wildman–Crippen LogP) is 15.7. The molecular weight excluding hydrogens is 721 g/mol. The molecule has 0 spiro atoms. The van der Waals surface area contributed by atoms with Gasteiger partial charge in [-0.25, -0.2) is 4.98 Å². The Morgan fingerprint density at radius 2 is 0.966 bits per heavy atom. The molecule has 0 saturated carbocycles. The molecule has 0 bridgehead atoms. The molecule has 0 saturated heterocycles. The van der Waals surface area contributed by atoms with Crippen molar-refractivity contribution in [1.29, 1.82) is 0 Å². The van der Waals surface area contributed by atoms with Crippen LogP contribution in [0.15, 0.2) is 215 Å². The molecule has 2 heterocycles. The van der Waals surface area contributed by atoms with Crippen LogP contribution in [-0.2, 0) is 0 Å². The number of aromatic nitrogens is 1. The van der Waals surface area contributed by atoms with Crippen LogP contribution in [0.4, 0.5) is 17.1 Å². The van der Waals surface area contributed by atoms with Crippen LogP contribution in [0.2, 0.25) is 0 Å². The van der Waals surface area contributed by atoms with Crippen LogP contribution in [0.1, 0.15) is 0 Å². The zero-order valence-electron chi connectivity index (χ0n) is 31.8. The minimum absolute atomic E-state index is 0.569. The second-order valence-corrected chi connectivity index (χ2v) is 15.1. The molecule has 276 valence electrons. The molecule has 12 aromatic rings. The van der Waals surface area contributed by atoms with Gasteiger partial charge in [-0.3, -0.25) is 0 Å². The SMILES string of the molecule is c1ccc(-c2ccc(N(c3ccc(-c4cc5ccccc5c5ccccc45)cc3)c3cc4ccccc4c4c3oc3cccc(-c5nc6ccccc6o5)c34)cc2)cc1. The smallest absolute Gasteiger partial charge is 0.228 e. The van der Waals surface area contributed by atoms with Gasteiger partial charge < -0.3 is 13.7 Å². The van der Waals surface area contributed by atoms with Crippen LogP contribution in [0.25, 0.3) is 99.1 Å². The van der Waals surface area contributed by atoms with Crippen molar-refractivity contribution in [2.45, 2.75) is 0 Å². The Balaban J connectivity index is 1.09. The first kappa shape index (κ1) is 33.2. The maximum Gasteiger partial charge on any atom is 0.228 e. The molecule has 0 aliphatic heterocycles. The minimum Gasteiger partial charge on any atom is -0.454 e. The van der Waals surface area contributed by atoms with Crippen LogP contribution in [-0.4, -0.2) is 4.98 Å². The summed E-state index contributed by atoms with van der Waals surface area (Å²) >= 11 is 0. The topological polar surface area (TPSA) is 42.4 Å². The summed E-state index contributed by atoms with van der Waals surface area (Å²) in [7, 11) is 0. The van der Waals surface area contributed by atoms with Crippen LogP contribution in [0, 0.1) is 0 Å². The average Bonchev–Trinajstić information content (AvgIpc) is 3.93. The summed E-state index contributed by atoms with van der Waals surface area (Å²) in [6.07, 6.45) is 0. The lowest BCUT2D eigenvalue weighted by Gasteiger charge is -2.26. The Bertz CT molecular complexity index is 3510. The second-order valence-electron chi connectivity index (χ2n) is 15.1. The second kappa shape index (κ2) is 13.3. The van der Waals surface area contributed by atoms with Gasteiger partial charge in [-0.2, -0.15) is 0 Å². The Morgan fingerprint density at radius 3 is 1.73 bits per heavy atom. The van der Waals surface area contributed by atoms with Crippen molar-refractivity contribution in [3.63, 3.8) is 0 Å². The van der Waals surface area contributed by atoms with E-state index in [-0.39, 0.29) is 0 Å². The van der Waals surface area contributed by atoms with Crippen molar-refractivity contribution in [2.24, 2.45) is 0 Å². The van der Waals surface area contributed by atoms with E-state index in [0.717, 1.165) is 77.6 Å². The monoisotopic (exact) mass is 754 g/mol. The number of fused-ring (bicyclic) bond motifs is 9. The first-order valence-corrected chi connectivity index (χ1v) is 19.9. The standard InChI is InChI=1S/C55H34N2O2/c1-2-13-35(14-3-1)36-25-29-40(30-26-36)57(41-31-27-37(28-32-41)47-33-38-15-4-6-17-42(38)44-19-8-9-20-45(44)47)49-34-39-16-5-7-18-43(39)53-52-46(21-12-24-51(52)58-54(49)53)55-56-48-22-10-11-23-50(48)59-55/h1-34H. The van der Waals surface area contributed by atoms with E-state index in [9.17, 15) is 0 Å². The number of anilines is 3. The molecule has 0 fully saturated rings. The van der Waals surface area contributed by atoms with E-state index in [1.165, 1.54) is 32.7 Å². The van der Waals surface area contributed by atoms with Crippen LogP contribution >= 0.6 is 0 Å². The van der Waals surface area contributed by atoms with Crippen molar-refractivity contribution in [3.8, 4) is 33.7 Å². The lowest BCUT2D eigenvalue weighted by molar-refractivity contribution is 0.620. The summed E-state index contributed by atoms with van der Waals surface area (Å²) in [6.45, 7) is 0. The van der Waals surface area contributed by atoms with E-state index in [1.54, 1.807) is 0 Å². The summed E-state index contributed by atoms with van der Waals surface area (Å²) in [5.41, 5.74) is 11.7. The Kier molecular flexibility index (Phi) is 7.50. The number of hydrogen-bond donors (Lipinski definition) is 0. The van der Waals surface area contributed by atoms with Crippen molar-refractivity contribution in [3.05, 3.63) is 206 Å². The molecule has 2 aromatic heterocycles. The van der Waals surface area contributed by atoms with E-state index in [1.807, 2.05) is 36.4 Å². The van der Waals surface area contributed by atoms with Crippen molar-refractivity contribution < 1.29 is 8.83 Å². The lowest BCUT2D eigenvalue weighted by atomic mass is 9.93. The van der Waals surface area contributed by atoms with Crippen LogP contribution in [0.3, 0.4) is 0 Å². The first-order chi connectivity index (χ1) is 29.2. The molecule has 0 aliphatic rings. The van der Waals surface area contributed by atoms with Crippen molar-refractivity contribution in [1.82, 2.24) is 4.98 Å². The third kappa shape index (κ3) is 5.42. The molecule has 0 amide bonds. The third-order valence-corrected chi connectivity index (χ3v) is 11.7. The molecule has 4 nitrogen and oxygen atoms in total. The summed E-state index contributed by atoms with van der Waals surface area (Å²) in [5, 5.41) is 9.19. The molecule has 4 heteroatoms. The third-order valence-electron chi connectivity index (χ3n) is 11.7. The lowest BCUT2D eigenvalue weighted by Crippen LogP contribution is -2.10.